The molecule has 0 aromatic heterocycles. The van der Waals surface area contributed by atoms with Gasteiger partial charge in [0.25, 0.3) is 11.8 Å². The van der Waals surface area contributed by atoms with Gasteiger partial charge in [-0.05, 0) is 37.1 Å². The molecule has 1 saturated heterocycles. The number of amides is 2. The Labute approximate surface area is 176 Å². The van der Waals surface area contributed by atoms with Crippen molar-refractivity contribution in [1.82, 2.24) is 9.80 Å². The van der Waals surface area contributed by atoms with Gasteiger partial charge in [-0.25, -0.2) is 0 Å². The number of para-hydroxylation sites is 3. The largest absolute Gasteiger partial charge is 0.485 e. The normalized spacial score (nSPS) is 18.1. The summed E-state index contributed by atoms with van der Waals surface area (Å²) in [6.07, 6.45) is -0.658. The second kappa shape index (κ2) is 8.65. The minimum atomic E-state index is -0.658. The van der Waals surface area contributed by atoms with E-state index in [9.17, 15) is 9.59 Å². The Hall–Kier alpha value is -3.22. The number of rotatable bonds is 4. The van der Waals surface area contributed by atoms with Crippen LogP contribution in [0.4, 0.5) is 0 Å². The fourth-order valence-electron chi connectivity index (χ4n) is 3.77. The Morgan fingerprint density at radius 3 is 2.27 bits per heavy atom. The van der Waals surface area contributed by atoms with E-state index in [4.69, 9.17) is 14.2 Å². The lowest BCUT2D eigenvalue weighted by Gasteiger charge is -2.37. The van der Waals surface area contributed by atoms with E-state index in [2.05, 4.69) is 0 Å². The van der Waals surface area contributed by atoms with Gasteiger partial charge < -0.3 is 24.0 Å². The average Bonchev–Trinajstić information content (AvgIpc) is 2.78. The minimum Gasteiger partial charge on any atom is -0.485 e. The molecule has 158 valence electrons. The van der Waals surface area contributed by atoms with Crippen molar-refractivity contribution in [3.63, 3.8) is 0 Å². The predicted molar refractivity (Wildman–Crippen MR) is 111 cm³/mol. The number of hydrogen-bond acceptors (Lipinski definition) is 5. The molecule has 0 unspecified atom stereocenters. The van der Waals surface area contributed by atoms with Gasteiger partial charge in [0.2, 0.25) is 6.10 Å². The van der Waals surface area contributed by atoms with Gasteiger partial charge in [-0.1, -0.05) is 30.3 Å². The van der Waals surface area contributed by atoms with Gasteiger partial charge in [0, 0.05) is 26.2 Å². The highest BCUT2D eigenvalue weighted by Gasteiger charge is 2.33. The fourth-order valence-corrected chi connectivity index (χ4v) is 3.77. The first-order valence-corrected chi connectivity index (χ1v) is 10.2. The average molecular weight is 410 g/mol. The van der Waals surface area contributed by atoms with Gasteiger partial charge in [0.1, 0.15) is 12.4 Å². The molecule has 1 atom stereocenters. The Bertz CT molecular complexity index is 917. The zero-order chi connectivity index (χ0) is 21.1. The molecule has 7 heteroatoms. The molecular weight excluding hydrogens is 384 g/mol. The van der Waals surface area contributed by atoms with E-state index in [1.807, 2.05) is 50.2 Å². The van der Waals surface area contributed by atoms with Crippen LogP contribution in [0.1, 0.15) is 11.1 Å². The third-order valence-electron chi connectivity index (χ3n) is 5.48. The monoisotopic (exact) mass is 410 g/mol. The van der Waals surface area contributed by atoms with Crippen LogP contribution in [0.25, 0.3) is 0 Å². The van der Waals surface area contributed by atoms with E-state index >= 15 is 0 Å². The minimum absolute atomic E-state index is 0.00397. The number of aryl methyl sites for hydroxylation is 2. The molecule has 2 amide bonds. The number of nitrogens with zero attached hydrogens (tertiary/aromatic N) is 2. The third-order valence-corrected chi connectivity index (χ3v) is 5.48. The Kier molecular flexibility index (Phi) is 5.79. The van der Waals surface area contributed by atoms with E-state index < -0.39 is 6.10 Å². The lowest BCUT2D eigenvalue weighted by atomic mass is 10.1. The molecule has 7 nitrogen and oxygen atoms in total. The maximum Gasteiger partial charge on any atom is 0.267 e. The molecule has 0 bridgehead atoms. The van der Waals surface area contributed by atoms with Crippen molar-refractivity contribution < 1.29 is 23.8 Å². The van der Waals surface area contributed by atoms with Gasteiger partial charge >= 0.3 is 0 Å². The first kappa shape index (κ1) is 20.1. The molecule has 0 spiro atoms. The first-order valence-electron chi connectivity index (χ1n) is 10.2. The summed E-state index contributed by atoms with van der Waals surface area (Å²) in [4.78, 5) is 28.9. The zero-order valence-electron chi connectivity index (χ0n) is 17.3. The van der Waals surface area contributed by atoms with Crippen LogP contribution in [0.3, 0.4) is 0 Å². The smallest absolute Gasteiger partial charge is 0.267 e. The maximum absolute atomic E-state index is 12.8. The molecule has 2 heterocycles. The molecular formula is C23H26N2O5. The van der Waals surface area contributed by atoms with Crippen molar-refractivity contribution in [2.24, 2.45) is 0 Å². The van der Waals surface area contributed by atoms with E-state index in [-0.39, 0.29) is 25.0 Å². The second-order valence-corrected chi connectivity index (χ2v) is 7.58. The highest BCUT2D eigenvalue weighted by Crippen LogP contribution is 2.31. The van der Waals surface area contributed by atoms with E-state index in [0.717, 1.165) is 16.9 Å². The van der Waals surface area contributed by atoms with E-state index in [0.29, 0.717) is 37.7 Å². The summed E-state index contributed by atoms with van der Waals surface area (Å²) >= 11 is 0. The first-order chi connectivity index (χ1) is 14.5. The molecule has 30 heavy (non-hydrogen) atoms. The van der Waals surface area contributed by atoms with Crippen molar-refractivity contribution in [2.45, 2.75) is 20.0 Å². The number of fused-ring (bicyclic) bond motifs is 1. The highest BCUT2D eigenvalue weighted by molar-refractivity contribution is 5.83. The summed E-state index contributed by atoms with van der Waals surface area (Å²) in [5.74, 6) is 1.81. The molecule has 2 aromatic carbocycles. The van der Waals surface area contributed by atoms with Crippen molar-refractivity contribution in [1.29, 1.82) is 0 Å². The molecule has 2 aromatic rings. The van der Waals surface area contributed by atoms with E-state index in [1.165, 1.54) is 0 Å². The summed E-state index contributed by atoms with van der Waals surface area (Å²) in [5, 5.41) is 0. The summed E-state index contributed by atoms with van der Waals surface area (Å²) in [6, 6.07) is 13.2. The summed E-state index contributed by atoms with van der Waals surface area (Å²) in [7, 11) is 0. The Morgan fingerprint density at radius 2 is 1.57 bits per heavy atom. The number of carbonyl (C=O) groups excluding carboxylic acids is 2. The molecule has 4 rings (SSSR count). The van der Waals surface area contributed by atoms with Crippen molar-refractivity contribution in [3.8, 4) is 17.2 Å². The van der Waals surface area contributed by atoms with Crippen LogP contribution < -0.4 is 14.2 Å². The van der Waals surface area contributed by atoms with Gasteiger partial charge in [-0.2, -0.15) is 0 Å². The number of ether oxygens (including phenoxy) is 3. The zero-order valence-corrected chi connectivity index (χ0v) is 17.3. The SMILES string of the molecule is Cc1cccc(C)c1OCC(=O)N1CCN(C(=O)[C@H]2COc3ccccc3O2)CC1. The second-order valence-electron chi connectivity index (χ2n) is 7.58. The van der Waals surface area contributed by atoms with Crippen LogP contribution in [-0.4, -0.2) is 67.1 Å². The lowest BCUT2D eigenvalue weighted by molar-refractivity contribution is -0.146. The molecule has 2 aliphatic rings. The Morgan fingerprint density at radius 1 is 0.933 bits per heavy atom. The van der Waals surface area contributed by atoms with Crippen LogP contribution in [0.2, 0.25) is 0 Å². The van der Waals surface area contributed by atoms with Crippen LogP contribution in [0.5, 0.6) is 17.2 Å². The quantitative estimate of drug-likeness (QED) is 0.773. The van der Waals surface area contributed by atoms with Crippen molar-refractivity contribution in [2.75, 3.05) is 39.4 Å². The number of hydrogen-bond donors (Lipinski definition) is 0. The summed E-state index contributed by atoms with van der Waals surface area (Å²) in [5.41, 5.74) is 2.02. The van der Waals surface area contributed by atoms with Gasteiger partial charge in [0.05, 0.1) is 0 Å². The molecule has 0 saturated carbocycles. The predicted octanol–water partition coefficient (Wildman–Crippen LogP) is 2.19. The number of carbonyl (C=O) groups is 2. The number of piperazine rings is 1. The van der Waals surface area contributed by atoms with Gasteiger partial charge in [-0.3, -0.25) is 9.59 Å². The summed E-state index contributed by atoms with van der Waals surface area (Å²) in [6.45, 7) is 6.01. The highest BCUT2D eigenvalue weighted by atomic mass is 16.6. The lowest BCUT2D eigenvalue weighted by Crippen LogP contribution is -2.55. The van der Waals surface area contributed by atoms with Crippen molar-refractivity contribution >= 4 is 11.8 Å². The third kappa shape index (κ3) is 4.20. The Balaban J connectivity index is 1.27. The molecule has 1 fully saturated rings. The molecule has 0 aliphatic carbocycles. The molecule has 2 aliphatic heterocycles. The van der Waals surface area contributed by atoms with Crippen LogP contribution in [0, 0.1) is 13.8 Å². The fraction of sp³-hybridized carbons (Fsp3) is 0.391. The number of benzene rings is 2. The van der Waals surface area contributed by atoms with Crippen LogP contribution >= 0.6 is 0 Å². The van der Waals surface area contributed by atoms with E-state index in [1.54, 1.807) is 15.9 Å². The topological polar surface area (TPSA) is 68.3 Å². The summed E-state index contributed by atoms with van der Waals surface area (Å²) < 4.78 is 17.2. The van der Waals surface area contributed by atoms with Crippen LogP contribution in [0.15, 0.2) is 42.5 Å². The molecule has 0 radical (unpaired) electrons. The molecule has 0 N–H and O–H groups in total. The standard InChI is InChI=1S/C23H26N2O5/c1-16-6-5-7-17(2)22(16)29-15-21(26)24-10-12-25(13-11-24)23(27)20-14-28-18-8-3-4-9-19(18)30-20/h3-9,20H,10-15H2,1-2H3/t20-/m1/s1. The van der Waals surface area contributed by atoms with Gasteiger partial charge in [-0.15, -0.1) is 0 Å². The maximum atomic E-state index is 12.8. The van der Waals surface area contributed by atoms with Crippen LogP contribution in [-0.2, 0) is 9.59 Å². The van der Waals surface area contributed by atoms with Gasteiger partial charge in [0.15, 0.2) is 18.1 Å². The van der Waals surface area contributed by atoms with Crippen molar-refractivity contribution in [3.05, 3.63) is 53.6 Å².